The molecule has 1 fully saturated rings. The molecule has 0 heterocycles. The van der Waals surface area contributed by atoms with Crippen molar-refractivity contribution in [3.05, 3.63) is 54.1 Å². The molecule has 0 spiro atoms. The van der Waals surface area contributed by atoms with E-state index in [1.54, 1.807) is 24.3 Å². The van der Waals surface area contributed by atoms with Crippen molar-refractivity contribution >= 4 is 13.1 Å². The number of hydrogen-bond donors (Lipinski definition) is 2. The molecule has 2 N–H and O–H groups in total. The molecule has 1 aliphatic rings. The summed E-state index contributed by atoms with van der Waals surface area (Å²) in [5, 5.41) is 21.0. The molecule has 4 atom stereocenters. The van der Waals surface area contributed by atoms with Crippen molar-refractivity contribution in [3.8, 4) is 11.5 Å². The van der Waals surface area contributed by atoms with Crippen molar-refractivity contribution < 1.29 is 28.3 Å². The average Bonchev–Trinajstić information content (AvgIpc) is 2.61. The van der Waals surface area contributed by atoms with Gasteiger partial charge in [0.15, 0.2) is 23.1 Å². The monoisotopic (exact) mass is 368 g/mol. The Labute approximate surface area is 144 Å². The number of aromatic hydroxyl groups is 1. The number of rotatable bonds is 4. The second kappa shape index (κ2) is 7.54. The van der Waals surface area contributed by atoms with Gasteiger partial charge in [-0.3, -0.25) is 0 Å². The van der Waals surface area contributed by atoms with Gasteiger partial charge in [-0.1, -0.05) is 30.3 Å². The van der Waals surface area contributed by atoms with Crippen molar-refractivity contribution in [1.82, 2.24) is 0 Å². The van der Waals surface area contributed by atoms with E-state index < -0.39 is 43.1 Å². The van der Waals surface area contributed by atoms with Crippen molar-refractivity contribution in [2.24, 2.45) is 0 Å². The average molecular weight is 368 g/mol. The van der Waals surface area contributed by atoms with Crippen molar-refractivity contribution in [3.63, 3.8) is 0 Å². The van der Waals surface area contributed by atoms with Crippen molar-refractivity contribution in [2.75, 3.05) is 0 Å². The Morgan fingerprint density at radius 3 is 2.48 bits per heavy atom. The molecule has 3 unspecified atom stereocenters. The highest BCUT2D eigenvalue weighted by atomic mass is 31.1. The van der Waals surface area contributed by atoms with Crippen LogP contribution < -0.4 is 10.0 Å². The van der Waals surface area contributed by atoms with E-state index in [9.17, 15) is 23.6 Å². The summed E-state index contributed by atoms with van der Waals surface area (Å²) in [6.45, 7) is 0. The van der Waals surface area contributed by atoms with Gasteiger partial charge in [0.05, 0.1) is 0 Å². The Morgan fingerprint density at radius 1 is 1.08 bits per heavy atom. The lowest BCUT2D eigenvalue weighted by molar-refractivity contribution is 0.00849. The molecule has 2 aromatic carbocycles. The summed E-state index contributed by atoms with van der Waals surface area (Å²) in [6.07, 6.45) is -0.0163. The Bertz CT molecular complexity index is 769. The highest BCUT2D eigenvalue weighted by Crippen LogP contribution is 2.40. The smallest absolute Gasteiger partial charge is 0.164 e. The zero-order valence-corrected chi connectivity index (χ0v) is 14.4. The molecule has 1 saturated carbocycles. The van der Waals surface area contributed by atoms with Gasteiger partial charge in [0.1, 0.15) is 20.0 Å². The summed E-state index contributed by atoms with van der Waals surface area (Å²) in [4.78, 5) is 0. The maximum absolute atomic E-state index is 13.4. The van der Waals surface area contributed by atoms with Crippen LogP contribution in [0.25, 0.3) is 0 Å². The molecule has 0 aliphatic heterocycles. The predicted molar refractivity (Wildman–Crippen MR) is 91.2 cm³/mol. The predicted octanol–water partition coefficient (Wildman–Crippen LogP) is 3.22. The molecule has 1 aliphatic carbocycles. The lowest BCUT2D eigenvalue weighted by Crippen LogP contribution is -2.43. The van der Waals surface area contributed by atoms with Crippen LogP contribution in [-0.2, 0) is 4.57 Å². The van der Waals surface area contributed by atoms with Crippen molar-refractivity contribution in [2.45, 2.75) is 37.1 Å². The fraction of sp³-hybridized carbons (Fsp3) is 0.333. The summed E-state index contributed by atoms with van der Waals surface area (Å²) < 4.78 is 44.8. The minimum absolute atomic E-state index is 0.233. The van der Waals surface area contributed by atoms with E-state index in [0.717, 1.165) is 6.07 Å². The molecule has 4 nitrogen and oxygen atoms in total. The van der Waals surface area contributed by atoms with E-state index in [0.29, 0.717) is 30.6 Å². The van der Waals surface area contributed by atoms with Gasteiger partial charge in [0.2, 0.25) is 0 Å². The van der Waals surface area contributed by atoms with Crippen LogP contribution in [0.5, 0.6) is 11.5 Å². The quantitative estimate of drug-likeness (QED) is 0.814. The molecule has 3 rings (SSSR count). The second-order valence-corrected chi connectivity index (χ2v) is 8.20. The molecule has 2 aromatic rings. The topological polar surface area (TPSA) is 66.8 Å². The van der Waals surface area contributed by atoms with Crippen LogP contribution in [-0.4, -0.2) is 28.1 Å². The normalized spacial score (nSPS) is 24.7. The minimum Gasteiger partial charge on any atom is -0.504 e. The molecule has 0 radical (unpaired) electrons. The Balaban J connectivity index is 1.77. The Morgan fingerprint density at radius 2 is 1.76 bits per heavy atom. The molecular formula is C18H19F2O4P. The summed E-state index contributed by atoms with van der Waals surface area (Å²) in [7, 11) is -2.24. The van der Waals surface area contributed by atoms with Crippen LogP contribution >= 0.6 is 7.80 Å². The number of phenolic OH excluding ortho intramolecular Hbond substituents is 1. The van der Waals surface area contributed by atoms with E-state index in [1.165, 1.54) is 0 Å². The van der Waals surface area contributed by atoms with Crippen molar-refractivity contribution in [1.29, 1.82) is 0 Å². The maximum atomic E-state index is 13.4. The molecular weight excluding hydrogens is 349 g/mol. The largest absolute Gasteiger partial charge is 0.504 e. The fourth-order valence-electron chi connectivity index (χ4n) is 3.15. The lowest BCUT2D eigenvalue weighted by Gasteiger charge is -2.34. The highest BCUT2D eigenvalue weighted by molar-refractivity contribution is 7.54. The summed E-state index contributed by atoms with van der Waals surface area (Å²) in [5.41, 5.74) is -0.460. The standard InChI is InChI=1S/C18H19F2O4P/c19-12-9-14(21)16(10-13(12)20)24-15-7-4-8-17(18(15)22)25(23)11-5-2-1-3-6-11/h1-3,5-6,9-10,15,17-18,21-22,25H,4,7-8H2/t15?,17?,18-/m0/s1. The van der Waals surface area contributed by atoms with Gasteiger partial charge in [-0.05, 0) is 19.3 Å². The third-order valence-electron chi connectivity index (χ3n) is 4.47. The van der Waals surface area contributed by atoms with Gasteiger partial charge in [-0.25, -0.2) is 8.78 Å². The van der Waals surface area contributed by atoms with Crippen LogP contribution in [0.4, 0.5) is 8.78 Å². The van der Waals surface area contributed by atoms with Gasteiger partial charge in [-0.15, -0.1) is 0 Å². The lowest BCUT2D eigenvalue weighted by atomic mass is 9.94. The maximum Gasteiger partial charge on any atom is 0.164 e. The van der Waals surface area contributed by atoms with E-state index in [1.807, 2.05) is 6.07 Å². The Kier molecular flexibility index (Phi) is 5.40. The fourth-order valence-corrected chi connectivity index (χ4v) is 5.09. The van der Waals surface area contributed by atoms with Crippen LogP contribution in [0.2, 0.25) is 0 Å². The number of halogens is 2. The van der Waals surface area contributed by atoms with E-state index >= 15 is 0 Å². The molecule has 7 heteroatoms. The number of benzene rings is 2. The van der Waals surface area contributed by atoms with E-state index in [4.69, 9.17) is 4.74 Å². The first-order chi connectivity index (χ1) is 12.0. The number of ether oxygens (including phenoxy) is 1. The number of aliphatic hydroxyl groups excluding tert-OH is 1. The SMILES string of the molecule is O=[PH](c1ccccc1)C1CCCC(Oc2cc(F)c(F)cc2O)[C@@H]1O. The van der Waals surface area contributed by atoms with Crippen LogP contribution in [0, 0.1) is 11.6 Å². The summed E-state index contributed by atoms with van der Waals surface area (Å²) >= 11 is 0. The molecule has 0 amide bonds. The molecule has 0 aromatic heterocycles. The number of phenols is 1. The second-order valence-electron chi connectivity index (χ2n) is 6.15. The first-order valence-electron chi connectivity index (χ1n) is 8.09. The first kappa shape index (κ1) is 17.9. The zero-order valence-electron chi connectivity index (χ0n) is 13.4. The van der Waals surface area contributed by atoms with Gasteiger partial charge in [-0.2, -0.15) is 0 Å². The third kappa shape index (κ3) is 3.86. The summed E-state index contributed by atoms with van der Waals surface area (Å²) in [5.74, 6) is -3.10. The summed E-state index contributed by atoms with van der Waals surface area (Å²) in [6, 6.07) is 10.3. The molecule has 134 valence electrons. The van der Waals surface area contributed by atoms with Crippen LogP contribution in [0.3, 0.4) is 0 Å². The number of hydrogen-bond acceptors (Lipinski definition) is 4. The Hall–Kier alpha value is -1.91. The van der Waals surface area contributed by atoms with Gasteiger partial charge >= 0.3 is 0 Å². The highest BCUT2D eigenvalue weighted by Gasteiger charge is 2.37. The molecule has 25 heavy (non-hydrogen) atoms. The molecule has 0 saturated heterocycles. The van der Waals surface area contributed by atoms with Crippen LogP contribution in [0.15, 0.2) is 42.5 Å². The van der Waals surface area contributed by atoms with Crippen LogP contribution in [0.1, 0.15) is 19.3 Å². The zero-order chi connectivity index (χ0) is 18.0. The van der Waals surface area contributed by atoms with E-state index in [-0.39, 0.29) is 5.75 Å². The van der Waals surface area contributed by atoms with Gasteiger partial charge < -0.3 is 19.5 Å². The van der Waals surface area contributed by atoms with Gasteiger partial charge in [0.25, 0.3) is 0 Å². The number of aliphatic hydroxyl groups is 1. The molecule has 0 bridgehead atoms. The van der Waals surface area contributed by atoms with Gasteiger partial charge in [0, 0.05) is 23.1 Å². The third-order valence-corrected chi connectivity index (χ3v) is 6.68. The first-order valence-corrected chi connectivity index (χ1v) is 9.58. The van der Waals surface area contributed by atoms with E-state index in [2.05, 4.69) is 0 Å². The minimum atomic E-state index is -2.24.